The smallest absolute Gasteiger partial charge is 0.252 e. The van der Waals surface area contributed by atoms with Gasteiger partial charge in [-0.1, -0.05) is 20.3 Å². The summed E-state index contributed by atoms with van der Waals surface area (Å²) in [5.41, 5.74) is 0.229. The number of pyridine rings is 1. The van der Waals surface area contributed by atoms with Crippen LogP contribution >= 0.6 is 0 Å². The number of nitrogens with one attached hydrogen (secondary N) is 2. The average Bonchev–Trinajstić information content (AvgIpc) is 2.72. The normalized spacial score (nSPS) is 19.2. The zero-order chi connectivity index (χ0) is 21.2. The molecule has 1 aromatic heterocycles. The van der Waals surface area contributed by atoms with Crippen molar-refractivity contribution in [3.63, 3.8) is 0 Å². The van der Waals surface area contributed by atoms with Gasteiger partial charge in [-0.05, 0) is 50.8 Å². The highest BCUT2D eigenvalue weighted by molar-refractivity contribution is 7.89. The molecule has 1 aliphatic rings. The SMILES string of the molecule is CCC(C)NC(=O)c1cc(=O)[nH]c2ccc(S(=O)(=O)N3CCCCC3CC)cc12. The van der Waals surface area contributed by atoms with Crippen LogP contribution < -0.4 is 10.9 Å². The zero-order valence-corrected chi connectivity index (χ0v) is 18.0. The zero-order valence-electron chi connectivity index (χ0n) is 17.2. The summed E-state index contributed by atoms with van der Waals surface area (Å²) >= 11 is 0. The van der Waals surface area contributed by atoms with E-state index in [0.29, 0.717) is 17.4 Å². The van der Waals surface area contributed by atoms with E-state index >= 15 is 0 Å². The third-order valence-corrected chi connectivity index (χ3v) is 7.65. The molecule has 2 atom stereocenters. The molecule has 3 rings (SSSR count). The van der Waals surface area contributed by atoms with Gasteiger partial charge in [0.2, 0.25) is 15.6 Å². The molecule has 2 heterocycles. The molecule has 2 N–H and O–H groups in total. The minimum Gasteiger partial charge on any atom is -0.350 e. The fraction of sp³-hybridized carbons (Fsp3) is 0.524. The lowest BCUT2D eigenvalue weighted by molar-refractivity contribution is 0.0940. The Morgan fingerprint density at radius 3 is 2.72 bits per heavy atom. The third kappa shape index (κ3) is 4.38. The monoisotopic (exact) mass is 419 g/mol. The first-order valence-electron chi connectivity index (χ1n) is 10.3. The number of sulfonamides is 1. The first-order chi connectivity index (χ1) is 13.8. The van der Waals surface area contributed by atoms with Crippen molar-refractivity contribution in [2.45, 2.75) is 69.9 Å². The molecule has 158 valence electrons. The molecule has 29 heavy (non-hydrogen) atoms. The van der Waals surface area contributed by atoms with Gasteiger partial charge in [0, 0.05) is 35.6 Å². The lowest BCUT2D eigenvalue weighted by Crippen LogP contribution is -2.43. The highest BCUT2D eigenvalue weighted by Gasteiger charge is 2.32. The van der Waals surface area contributed by atoms with Crippen molar-refractivity contribution in [3.05, 3.63) is 40.2 Å². The lowest BCUT2D eigenvalue weighted by Gasteiger charge is -2.34. The summed E-state index contributed by atoms with van der Waals surface area (Å²) in [6, 6.07) is 5.75. The fourth-order valence-corrected chi connectivity index (χ4v) is 5.61. The van der Waals surface area contributed by atoms with Crippen LogP contribution in [0.25, 0.3) is 10.9 Å². The van der Waals surface area contributed by atoms with Crippen LogP contribution in [0, 0.1) is 0 Å². The second kappa shape index (κ2) is 8.67. The number of hydrogen-bond donors (Lipinski definition) is 2. The highest BCUT2D eigenvalue weighted by atomic mass is 32.2. The number of amides is 1. The van der Waals surface area contributed by atoms with Crippen molar-refractivity contribution in [1.29, 1.82) is 0 Å². The summed E-state index contributed by atoms with van der Waals surface area (Å²) in [6.07, 6.45) is 4.25. The largest absolute Gasteiger partial charge is 0.350 e. The van der Waals surface area contributed by atoms with Crippen LogP contribution in [0.1, 0.15) is 63.2 Å². The van der Waals surface area contributed by atoms with E-state index in [-0.39, 0.29) is 28.4 Å². The van der Waals surface area contributed by atoms with Crippen molar-refractivity contribution in [3.8, 4) is 0 Å². The maximum Gasteiger partial charge on any atom is 0.252 e. The third-order valence-electron chi connectivity index (χ3n) is 5.70. The Balaban J connectivity index is 2.09. The van der Waals surface area contributed by atoms with Gasteiger partial charge in [-0.3, -0.25) is 9.59 Å². The number of piperidine rings is 1. The number of fused-ring (bicyclic) bond motifs is 1. The molecular formula is C21H29N3O4S. The van der Waals surface area contributed by atoms with Crippen molar-refractivity contribution in [2.24, 2.45) is 0 Å². The van der Waals surface area contributed by atoms with Crippen LogP contribution in [0.4, 0.5) is 0 Å². The van der Waals surface area contributed by atoms with Crippen molar-refractivity contribution in [2.75, 3.05) is 6.54 Å². The van der Waals surface area contributed by atoms with Gasteiger partial charge in [0.15, 0.2) is 0 Å². The summed E-state index contributed by atoms with van der Waals surface area (Å²) in [6.45, 7) is 6.34. The predicted molar refractivity (Wildman–Crippen MR) is 114 cm³/mol. The Morgan fingerprint density at radius 1 is 1.28 bits per heavy atom. The van der Waals surface area contributed by atoms with Gasteiger partial charge in [-0.2, -0.15) is 4.31 Å². The number of aromatic amines is 1. The minimum absolute atomic E-state index is 0.00630. The molecule has 2 aromatic rings. The molecule has 1 fully saturated rings. The molecular weight excluding hydrogens is 390 g/mol. The van der Waals surface area contributed by atoms with E-state index in [9.17, 15) is 18.0 Å². The Bertz CT molecular complexity index is 1060. The summed E-state index contributed by atoms with van der Waals surface area (Å²) in [5.74, 6) is -0.380. The van der Waals surface area contributed by atoms with Crippen LogP contribution in [-0.4, -0.2) is 42.2 Å². The van der Waals surface area contributed by atoms with E-state index in [0.717, 1.165) is 32.1 Å². The summed E-state index contributed by atoms with van der Waals surface area (Å²) < 4.78 is 28.2. The molecule has 1 aliphatic heterocycles. The molecule has 0 saturated carbocycles. The summed E-state index contributed by atoms with van der Waals surface area (Å²) in [5, 5.41) is 3.28. The van der Waals surface area contributed by atoms with Crippen LogP contribution in [0.15, 0.2) is 34.0 Å². The molecule has 0 bridgehead atoms. The molecule has 7 nitrogen and oxygen atoms in total. The highest BCUT2D eigenvalue weighted by Crippen LogP contribution is 2.29. The molecule has 2 unspecified atom stereocenters. The molecule has 0 aliphatic carbocycles. The van der Waals surface area contributed by atoms with Gasteiger partial charge < -0.3 is 10.3 Å². The summed E-state index contributed by atoms with van der Waals surface area (Å²) in [7, 11) is -3.69. The Kier molecular flexibility index (Phi) is 6.43. The average molecular weight is 420 g/mol. The Labute approximate surface area is 171 Å². The van der Waals surface area contributed by atoms with Crippen LogP contribution in [-0.2, 0) is 10.0 Å². The van der Waals surface area contributed by atoms with Crippen molar-refractivity contribution >= 4 is 26.8 Å². The maximum atomic E-state index is 13.3. The molecule has 8 heteroatoms. The Hall–Kier alpha value is -2.19. The standard InChI is InChI=1S/C21H29N3O4S/c1-4-14(3)22-21(26)18-13-20(25)23-19-10-9-16(12-17(18)19)29(27,28)24-11-7-6-8-15(24)5-2/h9-10,12-15H,4-8,11H2,1-3H3,(H,22,26)(H,23,25). The first-order valence-corrected chi connectivity index (χ1v) is 11.7. The number of H-pyrrole nitrogens is 1. The number of nitrogens with zero attached hydrogens (tertiary/aromatic N) is 1. The van der Waals surface area contributed by atoms with E-state index in [4.69, 9.17) is 0 Å². The number of hydrogen-bond acceptors (Lipinski definition) is 4. The van der Waals surface area contributed by atoms with Gasteiger partial charge in [0.25, 0.3) is 5.91 Å². The number of benzene rings is 1. The molecule has 0 radical (unpaired) electrons. The van der Waals surface area contributed by atoms with E-state index in [1.165, 1.54) is 18.2 Å². The quantitative estimate of drug-likeness (QED) is 0.752. The second-order valence-electron chi connectivity index (χ2n) is 7.71. The van der Waals surface area contributed by atoms with E-state index in [1.807, 2.05) is 20.8 Å². The topological polar surface area (TPSA) is 99.3 Å². The van der Waals surface area contributed by atoms with Gasteiger partial charge >= 0.3 is 0 Å². The van der Waals surface area contributed by atoms with Crippen LogP contribution in [0.3, 0.4) is 0 Å². The molecule has 0 spiro atoms. The van der Waals surface area contributed by atoms with Gasteiger partial charge in [0.05, 0.1) is 10.5 Å². The minimum atomic E-state index is -3.69. The van der Waals surface area contributed by atoms with Gasteiger partial charge in [-0.25, -0.2) is 8.42 Å². The van der Waals surface area contributed by atoms with E-state index in [1.54, 1.807) is 10.4 Å². The van der Waals surface area contributed by atoms with Crippen LogP contribution in [0.2, 0.25) is 0 Å². The Morgan fingerprint density at radius 2 is 2.03 bits per heavy atom. The second-order valence-corrected chi connectivity index (χ2v) is 9.60. The number of carbonyl (C=O) groups is 1. The molecule has 1 amide bonds. The number of aromatic nitrogens is 1. The van der Waals surface area contributed by atoms with Crippen molar-refractivity contribution in [1.82, 2.24) is 14.6 Å². The van der Waals surface area contributed by atoms with E-state index in [2.05, 4.69) is 10.3 Å². The van der Waals surface area contributed by atoms with Crippen LogP contribution in [0.5, 0.6) is 0 Å². The molecule has 1 saturated heterocycles. The number of rotatable bonds is 6. The van der Waals surface area contributed by atoms with E-state index < -0.39 is 15.6 Å². The van der Waals surface area contributed by atoms with Crippen molar-refractivity contribution < 1.29 is 13.2 Å². The van der Waals surface area contributed by atoms with Gasteiger partial charge in [0.1, 0.15) is 0 Å². The maximum absolute atomic E-state index is 13.3. The van der Waals surface area contributed by atoms with Gasteiger partial charge in [-0.15, -0.1) is 0 Å². The summed E-state index contributed by atoms with van der Waals surface area (Å²) in [4.78, 5) is 27.6. The molecule has 1 aromatic carbocycles. The fourth-order valence-electron chi connectivity index (χ4n) is 3.82. The lowest BCUT2D eigenvalue weighted by atomic mass is 10.0. The first kappa shape index (κ1) is 21.5. The number of carbonyl (C=O) groups excluding carboxylic acids is 1. The predicted octanol–water partition coefficient (Wildman–Crippen LogP) is 3.01.